The van der Waals surface area contributed by atoms with Gasteiger partial charge in [0, 0.05) is 94.0 Å². The number of nitrogens with zero attached hydrogens (tertiary/aromatic N) is 8. The molecule has 0 saturated carbocycles. The molecule has 2 aromatic carbocycles. The number of rotatable bonds is 8. The van der Waals surface area contributed by atoms with Gasteiger partial charge < -0.3 is 40.9 Å². The van der Waals surface area contributed by atoms with Crippen LogP contribution in [0.3, 0.4) is 0 Å². The molecule has 16 heteroatoms. The van der Waals surface area contributed by atoms with E-state index in [2.05, 4.69) is 49.0 Å². The van der Waals surface area contributed by atoms with Gasteiger partial charge in [-0.05, 0) is 68.1 Å². The first-order valence-corrected chi connectivity index (χ1v) is 19.3. The molecule has 56 heavy (non-hydrogen) atoms. The predicted molar refractivity (Wildman–Crippen MR) is 209 cm³/mol. The van der Waals surface area contributed by atoms with E-state index in [0.29, 0.717) is 60.4 Å². The topological polar surface area (TPSA) is 181 Å². The summed E-state index contributed by atoms with van der Waals surface area (Å²) >= 11 is 0. The summed E-state index contributed by atoms with van der Waals surface area (Å²) in [5, 5.41) is 5.96. The first-order valence-electron chi connectivity index (χ1n) is 19.3. The number of hydrogen-bond donors (Lipinski definition) is 3. The van der Waals surface area contributed by atoms with Gasteiger partial charge in [-0.1, -0.05) is 6.58 Å². The van der Waals surface area contributed by atoms with Gasteiger partial charge in [0.05, 0.1) is 23.4 Å². The van der Waals surface area contributed by atoms with Gasteiger partial charge in [0.2, 0.25) is 5.91 Å². The molecule has 3 aromatic rings. The maximum absolute atomic E-state index is 13.5. The van der Waals surface area contributed by atoms with Crippen molar-refractivity contribution >= 4 is 58.4 Å². The number of nitrogens with two attached hydrogens (primary N) is 1. The predicted octanol–water partition coefficient (Wildman–Crippen LogP) is 2.62. The molecular weight excluding hydrogens is 715 g/mol. The number of benzene rings is 2. The highest BCUT2D eigenvalue weighted by atomic mass is 16.2. The molecule has 0 spiro atoms. The van der Waals surface area contributed by atoms with Gasteiger partial charge >= 0.3 is 6.03 Å². The van der Waals surface area contributed by atoms with E-state index in [1.165, 1.54) is 0 Å². The Hall–Kier alpha value is -6.19. The van der Waals surface area contributed by atoms with Crippen molar-refractivity contribution in [1.29, 1.82) is 0 Å². The van der Waals surface area contributed by atoms with Crippen LogP contribution in [-0.4, -0.2) is 126 Å². The number of amides is 6. The number of nitrogens with one attached hydrogen (secondary N) is 2. The monoisotopic (exact) mass is 759 g/mol. The van der Waals surface area contributed by atoms with Gasteiger partial charge in [0.25, 0.3) is 17.7 Å². The molecule has 16 nitrogen and oxygen atoms in total. The van der Waals surface area contributed by atoms with Crippen molar-refractivity contribution in [3.63, 3.8) is 0 Å². The van der Waals surface area contributed by atoms with Crippen LogP contribution < -0.4 is 31.1 Å². The molecule has 6 aliphatic rings. The van der Waals surface area contributed by atoms with E-state index < -0.39 is 23.8 Å². The molecule has 4 atom stereocenters. The molecule has 5 fully saturated rings. The third-order valence-corrected chi connectivity index (χ3v) is 12.3. The van der Waals surface area contributed by atoms with Crippen LogP contribution >= 0.6 is 0 Å². The molecule has 5 saturated heterocycles. The Morgan fingerprint density at radius 2 is 1.55 bits per heavy atom. The maximum Gasteiger partial charge on any atom is 0.320 e. The van der Waals surface area contributed by atoms with Gasteiger partial charge in [0.15, 0.2) is 11.5 Å². The minimum Gasteiger partial charge on any atom is -0.371 e. The molecule has 0 aliphatic carbocycles. The first-order chi connectivity index (χ1) is 27.0. The summed E-state index contributed by atoms with van der Waals surface area (Å²) in [5.41, 5.74) is 9.78. The van der Waals surface area contributed by atoms with Crippen molar-refractivity contribution < 1.29 is 24.0 Å². The zero-order valence-electron chi connectivity index (χ0n) is 31.3. The summed E-state index contributed by atoms with van der Waals surface area (Å²) < 4.78 is 0. The molecule has 3 unspecified atom stereocenters. The third kappa shape index (κ3) is 6.22. The van der Waals surface area contributed by atoms with Crippen molar-refractivity contribution in [1.82, 2.24) is 30.0 Å². The number of primary amides is 1. The minimum absolute atomic E-state index is 0.0542. The summed E-state index contributed by atoms with van der Waals surface area (Å²) in [4.78, 5) is 85.1. The van der Waals surface area contributed by atoms with Gasteiger partial charge in [0.1, 0.15) is 11.9 Å². The van der Waals surface area contributed by atoms with Crippen LogP contribution in [0.1, 0.15) is 56.9 Å². The summed E-state index contributed by atoms with van der Waals surface area (Å²) in [5.74, 6) is -0.144. The summed E-state index contributed by atoms with van der Waals surface area (Å²) in [6.45, 7) is 10.0. The Labute approximate surface area is 324 Å². The Bertz CT molecular complexity index is 2150. The Balaban J connectivity index is 0.833. The minimum atomic E-state index is -0.832. The number of fused-ring (bicyclic) bond motifs is 2. The molecule has 6 amide bonds. The van der Waals surface area contributed by atoms with Crippen molar-refractivity contribution in [2.24, 2.45) is 17.6 Å². The quantitative estimate of drug-likeness (QED) is 0.288. The number of allylic oxidation sites excluding steroid dienone is 1. The number of carbonyl (C=O) groups is 5. The van der Waals surface area contributed by atoms with E-state index in [4.69, 9.17) is 10.7 Å². The Kier molecular flexibility index (Phi) is 8.77. The number of aromatic nitrogens is 2. The van der Waals surface area contributed by atoms with Crippen molar-refractivity contribution in [2.75, 3.05) is 79.4 Å². The summed E-state index contributed by atoms with van der Waals surface area (Å²) in [7, 11) is 1.83. The molecule has 0 radical (unpaired) electrons. The SMILES string of the molecule is C=C1CCC(N2C(=O)c3ccc(N4CC5CN(c6ccc(Nc7nc(N8CCC[C@H](N9CCN(C)C9=O)C8)cnc7C(N)=O)cc6)CC5C4)cc3C2=O)C(=O)N1. The molecular formula is C40H45N11O5. The Morgan fingerprint density at radius 3 is 2.23 bits per heavy atom. The number of piperidine rings is 2. The number of anilines is 5. The van der Waals surface area contributed by atoms with Gasteiger partial charge in [-0.3, -0.25) is 24.1 Å². The first kappa shape index (κ1) is 35.5. The highest BCUT2D eigenvalue weighted by molar-refractivity contribution is 6.23. The number of carbonyl (C=O) groups excluding carboxylic acids is 5. The van der Waals surface area contributed by atoms with E-state index in [-0.39, 0.29) is 29.5 Å². The highest BCUT2D eigenvalue weighted by Gasteiger charge is 2.45. The molecule has 4 N–H and O–H groups in total. The number of hydrogen-bond acceptors (Lipinski definition) is 11. The molecule has 6 aliphatic heterocycles. The lowest BCUT2D eigenvalue weighted by Gasteiger charge is -2.37. The van der Waals surface area contributed by atoms with E-state index in [1.54, 1.807) is 17.2 Å². The highest BCUT2D eigenvalue weighted by Crippen LogP contribution is 2.39. The fourth-order valence-electron chi connectivity index (χ4n) is 9.27. The average Bonchev–Trinajstić information content (AvgIpc) is 3.93. The second kappa shape index (κ2) is 13.8. The number of likely N-dealkylation sites (N-methyl/N-ethyl adjacent to an activating group) is 1. The third-order valence-electron chi connectivity index (χ3n) is 12.3. The molecule has 290 valence electrons. The zero-order valence-corrected chi connectivity index (χ0v) is 31.3. The van der Waals surface area contributed by atoms with E-state index in [9.17, 15) is 24.0 Å². The van der Waals surface area contributed by atoms with Crippen LogP contribution in [-0.2, 0) is 4.79 Å². The van der Waals surface area contributed by atoms with Gasteiger partial charge in [-0.25, -0.2) is 14.8 Å². The van der Waals surface area contributed by atoms with E-state index in [1.807, 2.05) is 36.2 Å². The van der Waals surface area contributed by atoms with E-state index in [0.717, 1.165) is 74.1 Å². The van der Waals surface area contributed by atoms with Crippen LogP contribution in [0.2, 0.25) is 0 Å². The molecule has 1 aromatic heterocycles. The molecule has 7 heterocycles. The number of urea groups is 1. The van der Waals surface area contributed by atoms with Crippen LogP contribution in [0, 0.1) is 11.8 Å². The lowest BCUT2D eigenvalue weighted by molar-refractivity contribution is -0.125. The second-order valence-electron chi connectivity index (χ2n) is 15.8. The number of imide groups is 1. The van der Waals surface area contributed by atoms with Crippen LogP contribution in [0.5, 0.6) is 0 Å². The normalized spacial score (nSPS) is 25.0. The average molecular weight is 760 g/mol. The van der Waals surface area contributed by atoms with Crippen molar-refractivity contribution in [3.05, 3.63) is 77.8 Å². The van der Waals surface area contributed by atoms with Crippen molar-refractivity contribution in [3.8, 4) is 0 Å². The summed E-state index contributed by atoms with van der Waals surface area (Å²) in [6.07, 6.45) is 4.31. The van der Waals surface area contributed by atoms with Crippen LogP contribution in [0.25, 0.3) is 0 Å². The van der Waals surface area contributed by atoms with E-state index >= 15 is 0 Å². The van der Waals surface area contributed by atoms with Crippen LogP contribution in [0.4, 0.5) is 33.5 Å². The smallest absolute Gasteiger partial charge is 0.320 e. The summed E-state index contributed by atoms with van der Waals surface area (Å²) in [6, 6.07) is 12.8. The molecule has 9 rings (SSSR count). The van der Waals surface area contributed by atoms with Gasteiger partial charge in [-0.2, -0.15) is 0 Å². The zero-order chi connectivity index (χ0) is 38.8. The molecule has 0 bridgehead atoms. The lowest BCUT2D eigenvalue weighted by Crippen LogP contribution is -2.51. The fraction of sp³-hybridized carbons (Fsp3) is 0.425. The fourth-order valence-corrected chi connectivity index (χ4v) is 9.27. The second-order valence-corrected chi connectivity index (χ2v) is 15.8. The maximum atomic E-state index is 13.5. The van der Waals surface area contributed by atoms with Crippen LogP contribution in [0.15, 0.2) is 60.9 Å². The largest absolute Gasteiger partial charge is 0.371 e. The van der Waals surface area contributed by atoms with Gasteiger partial charge in [-0.15, -0.1) is 0 Å². The standard InChI is InChI=1S/C40H45N11O5/c1-23-5-12-32(37(53)43-23)51-38(54)30-11-10-28(16-31(30)39(51)55)49-20-24-18-48(19-25(24)21-49)27-8-6-26(7-9-27)44-36-34(35(41)52)42-17-33(45-36)47-13-3-4-29(22-47)50-15-14-46(2)40(50)56/h6-11,16-17,24-25,29,32H,1,3-5,12-15,18-22H2,2H3,(H2,41,52)(H,43,53)(H,44,45)/t24?,25?,29-,32?/m0/s1. The Morgan fingerprint density at radius 1 is 0.857 bits per heavy atom. The van der Waals surface area contributed by atoms with Crippen molar-refractivity contribution in [2.45, 2.75) is 37.8 Å². The lowest BCUT2D eigenvalue weighted by atomic mass is 10.0.